The van der Waals surface area contributed by atoms with Crippen LogP contribution in [0.1, 0.15) is 22.6 Å². The van der Waals surface area contributed by atoms with Crippen molar-refractivity contribution in [1.29, 1.82) is 0 Å². The number of nitrogens with one attached hydrogen (secondary N) is 1. The maximum atomic E-state index is 12.5. The number of carbonyl (C=O) groups excluding carboxylic acids is 1. The van der Waals surface area contributed by atoms with E-state index < -0.39 is 0 Å². The zero-order valence-electron chi connectivity index (χ0n) is 12.3. The highest BCUT2D eigenvalue weighted by atomic mass is 16.2. The van der Waals surface area contributed by atoms with Gasteiger partial charge in [-0.15, -0.1) is 0 Å². The van der Waals surface area contributed by atoms with Gasteiger partial charge in [0.1, 0.15) is 5.69 Å². The number of nitrogens with zero attached hydrogens (tertiary/aromatic N) is 4. The van der Waals surface area contributed by atoms with E-state index in [1.807, 2.05) is 24.9 Å². The molecule has 2 fully saturated rings. The molecule has 0 spiro atoms. The Morgan fingerprint density at radius 3 is 2.65 bits per heavy atom. The van der Waals surface area contributed by atoms with E-state index in [-0.39, 0.29) is 5.91 Å². The number of rotatable bonds is 2. The first-order valence-electron chi connectivity index (χ1n) is 7.40. The zero-order chi connectivity index (χ0) is 14.1. The summed E-state index contributed by atoms with van der Waals surface area (Å²) in [7, 11) is 1.83. The van der Waals surface area contributed by atoms with Crippen LogP contribution in [-0.2, 0) is 7.05 Å². The molecule has 1 N–H and O–H groups in total. The van der Waals surface area contributed by atoms with Gasteiger partial charge in [-0.25, -0.2) is 0 Å². The number of hydrogen-bond donors (Lipinski definition) is 1. The molecule has 110 valence electrons. The molecular weight excluding hydrogens is 254 g/mol. The monoisotopic (exact) mass is 277 g/mol. The maximum absolute atomic E-state index is 12.5. The number of hydrogen-bond acceptors (Lipinski definition) is 4. The van der Waals surface area contributed by atoms with Gasteiger partial charge in [0.05, 0.1) is 5.69 Å². The van der Waals surface area contributed by atoms with Crippen molar-refractivity contribution >= 4 is 5.91 Å². The molecule has 0 radical (unpaired) electrons. The van der Waals surface area contributed by atoms with E-state index in [0.717, 1.165) is 45.0 Å². The Kier molecular flexibility index (Phi) is 3.76. The first-order chi connectivity index (χ1) is 9.65. The smallest absolute Gasteiger partial charge is 0.272 e. The second kappa shape index (κ2) is 5.54. The first kappa shape index (κ1) is 13.6. The van der Waals surface area contributed by atoms with Gasteiger partial charge in [-0.3, -0.25) is 14.4 Å². The second-order valence-electron chi connectivity index (χ2n) is 5.77. The van der Waals surface area contributed by atoms with E-state index in [0.29, 0.717) is 11.7 Å². The fourth-order valence-electron chi connectivity index (χ4n) is 3.21. The Morgan fingerprint density at radius 1 is 1.35 bits per heavy atom. The summed E-state index contributed by atoms with van der Waals surface area (Å²) in [6.07, 6.45) is 1.23. The lowest BCUT2D eigenvalue weighted by molar-refractivity contribution is 0.0573. The third kappa shape index (κ3) is 2.58. The van der Waals surface area contributed by atoms with Crippen LogP contribution >= 0.6 is 0 Å². The quantitative estimate of drug-likeness (QED) is 0.817. The van der Waals surface area contributed by atoms with E-state index >= 15 is 0 Å². The van der Waals surface area contributed by atoms with Gasteiger partial charge in [-0.2, -0.15) is 5.10 Å². The Bertz CT molecular complexity index is 484. The molecule has 2 aliphatic heterocycles. The minimum absolute atomic E-state index is 0.109. The molecule has 0 bridgehead atoms. The van der Waals surface area contributed by atoms with Crippen LogP contribution in [0.15, 0.2) is 6.07 Å². The number of carbonyl (C=O) groups is 1. The van der Waals surface area contributed by atoms with Crippen molar-refractivity contribution in [1.82, 2.24) is 24.9 Å². The number of piperazine rings is 1. The predicted molar refractivity (Wildman–Crippen MR) is 76.7 cm³/mol. The van der Waals surface area contributed by atoms with Crippen molar-refractivity contribution in [3.05, 3.63) is 17.5 Å². The van der Waals surface area contributed by atoms with Crippen LogP contribution in [0, 0.1) is 6.92 Å². The molecule has 0 saturated carbocycles. The molecule has 1 aromatic rings. The molecular formula is C14H23N5O. The Balaban J connectivity index is 1.60. The van der Waals surface area contributed by atoms with E-state index in [1.165, 1.54) is 6.42 Å². The second-order valence-corrected chi connectivity index (χ2v) is 5.77. The molecule has 0 aromatic carbocycles. The van der Waals surface area contributed by atoms with Crippen molar-refractivity contribution in [3.8, 4) is 0 Å². The molecule has 2 aliphatic rings. The summed E-state index contributed by atoms with van der Waals surface area (Å²) < 4.78 is 1.69. The van der Waals surface area contributed by atoms with Gasteiger partial charge in [-0.1, -0.05) is 0 Å². The standard InChI is InChI=1S/C14H23N5O/c1-11-9-13(17(2)16-11)14(20)19-7-5-18(6-8-19)12-3-4-15-10-12/h9,12,15H,3-8,10H2,1-2H3. The Labute approximate surface area is 119 Å². The maximum Gasteiger partial charge on any atom is 0.272 e. The normalized spacial score (nSPS) is 24.3. The summed E-state index contributed by atoms with van der Waals surface area (Å²) in [4.78, 5) is 17.0. The molecule has 0 aliphatic carbocycles. The van der Waals surface area contributed by atoms with Crippen molar-refractivity contribution in [2.24, 2.45) is 7.05 Å². The number of amides is 1. The lowest BCUT2D eigenvalue weighted by Crippen LogP contribution is -2.52. The molecule has 6 nitrogen and oxygen atoms in total. The molecule has 2 saturated heterocycles. The SMILES string of the molecule is Cc1cc(C(=O)N2CCN(C3CCNC3)CC2)n(C)n1. The summed E-state index contributed by atoms with van der Waals surface area (Å²) >= 11 is 0. The number of aromatic nitrogens is 2. The van der Waals surface area contributed by atoms with Gasteiger partial charge in [0, 0.05) is 45.8 Å². The predicted octanol–water partition coefficient (Wildman–Crippen LogP) is -0.152. The van der Waals surface area contributed by atoms with Gasteiger partial charge in [0.15, 0.2) is 0 Å². The molecule has 3 heterocycles. The lowest BCUT2D eigenvalue weighted by Gasteiger charge is -2.37. The topological polar surface area (TPSA) is 53.4 Å². The van der Waals surface area contributed by atoms with Crippen molar-refractivity contribution in [2.45, 2.75) is 19.4 Å². The molecule has 20 heavy (non-hydrogen) atoms. The summed E-state index contributed by atoms with van der Waals surface area (Å²) in [5, 5.41) is 7.66. The van der Waals surface area contributed by atoms with Crippen LogP contribution in [0.3, 0.4) is 0 Å². The van der Waals surface area contributed by atoms with Crippen LogP contribution in [-0.4, -0.2) is 70.8 Å². The molecule has 1 unspecified atom stereocenters. The minimum Gasteiger partial charge on any atom is -0.335 e. The highest BCUT2D eigenvalue weighted by Crippen LogP contribution is 2.14. The average Bonchev–Trinajstić information content (AvgIpc) is 3.08. The summed E-state index contributed by atoms with van der Waals surface area (Å²) in [6.45, 7) is 7.73. The average molecular weight is 277 g/mol. The Morgan fingerprint density at radius 2 is 2.10 bits per heavy atom. The highest BCUT2D eigenvalue weighted by molar-refractivity contribution is 5.92. The van der Waals surface area contributed by atoms with Gasteiger partial charge in [0.25, 0.3) is 5.91 Å². The fourth-order valence-corrected chi connectivity index (χ4v) is 3.21. The van der Waals surface area contributed by atoms with Crippen molar-refractivity contribution in [2.75, 3.05) is 39.3 Å². The first-order valence-corrected chi connectivity index (χ1v) is 7.40. The van der Waals surface area contributed by atoms with E-state index in [2.05, 4.69) is 15.3 Å². The van der Waals surface area contributed by atoms with Gasteiger partial charge in [0.2, 0.25) is 0 Å². The third-order valence-electron chi connectivity index (χ3n) is 4.37. The van der Waals surface area contributed by atoms with Crippen LogP contribution in [0.5, 0.6) is 0 Å². The van der Waals surface area contributed by atoms with Crippen LogP contribution < -0.4 is 5.32 Å². The molecule has 1 atom stereocenters. The lowest BCUT2D eigenvalue weighted by atomic mass is 10.2. The molecule has 1 amide bonds. The van der Waals surface area contributed by atoms with Crippen molar-refractivity contribution in [3.63, 3.8) is 0 Å². The third-order valence-corrected chi connectivity index (χ3v) is 4.37. The number of aryl methyl sites for hydroxylation is 2. The van der Waals surface area contributed by atoms with Crippen LogP contribution in [0.25, 0.3) is 0 Å². The van der Waals surface area contributed by atoms with Crippen LogP contribution in [0.4, 0.5) is 0 Å². The Hall–Kier alpha value is -1.40. The zero-order valence-corrected chi connectivity index (χ0v) is 12.3. The van der Waals surface area contributed by atoms with E-state index in [9.17, 15) is 4.79 Å². The summed E-state index contributed by atoms with van der Waals surface area (Å²) in [5.74, 6) is 0.109. The summed E-state index contributed by atoms with van der Waals surface area (Å²) in [5.41, 5.74) is 1.59. The van der Waals surface area contributed by atoms with Crippen LogP contribution in [0.2, 0.25) is 0 Å². The van der Waals surface area contributed by atoms with Gasteiger partial charge >= 0.3 is 0 Å². The summed E-state index contributed by atoms with van der Waals surface area (Å²) in [6, 6.07) is 2.53. The molecule has 6 heteroatoms. The minimum atomic E-state index is 0.109. The van der Waals surface area contributed by atoms with Gasteiger partial charge in [-0.05, 0) is 26.0 Å². The van der Waals surface area contributed by atoms with E-state index in [1.54, 1.807) is 4.68 Å². The van der Waals surface area contributed by atoms with Crippen molar-refractivity contribution < 1.29 is 4.79 Å². The highest BCUT2D eigenvalue weighted by Gasteiger charge is 2.29. The van der Waals surface area contributed by atoms with Gasteiger partial charge < -0.3 is 10.2 Å². The van der Waals surface area contributed by atoms with E-state index in [4.69, 9.17) is 0 Å². The molecule has 3 rings (SSSR count). The molecule has 1 aromatic heterocycles. The largest absolute Gasteiger partial charge is 0.335 e. The fraction of sp³-hybridized carbons (Fsp3) is 0.714.